The third-order valence-electron chi connectivity index (χ3n) is 1.87. The van der Waals surface area contributed by atoms with Crippen molar-refractivity contribution in [2.75, 3.05) is 0 Å². The number of rotatable bonds is 1. The van der Waals surface area contributed by atoms with Gasteiger partial charge in [0.05, 0.1) is 10.2 Å². The van der Waals surface area contributed by atoms with Gasteiger partial charge in [-0.2, -0.15) is 0 Å². The Morgan fingerprint density at radius 2 is 2.38 bits per heavy atom. The average Bonchev–Trinajstić information content (AvgIpc) is 2.45. The fraction of sp³-hybridized carbons (Fsp3) is 0.111. The van der Waals surface area contributed by atoms with Crippen molar-refractivity contribution >= 4 is 27.5 Å². The van der Waals surface area contributed by atoms with Crippen LogP contribution in [0.25, 0.3) is 10.2 Å². The molecule has 0 spiro atoms. The van der Waals surface area contributed by atoms with Crippen LogP contribution < -0.4 is 0 Å². The highest BCUT2D eigenvalue weighted by molar-refractivity contribution is 7.20. The van der Waals surface area contributed by atoms with Crippen LogP contribution >= 0.6 is 11.3 Å². The summed E-state index contributed by atoms with van der Waals surface area (Å²) in [6, 6.07) is 3.69. The Labute approximate surface area is 78.7 Å². The molecule has 0 amide bonds. The maximum atomic E-state index is 10.8. The molecule has 0 radical (unpaired) electrons. The summed E-state index contributed by atoms with van der Waals surface area (Å²) in [5, 5.41) is 8.85. The number of thiophene rings is 1. The van der Waals surface area contributed by atoms with Crippen molar-refractivity contribution in [3.05, 3.63) is 28.8 Å². The van der Waals surface area contributed by atoms with Gasteiger partial charge in [0.25, 0.3) is 0 Å². The van der Waals surface area contributed by atoms with Gasteiger partial charge < -0.3 is 5.11 Å². The number of hydrogen-bond acceptors (Lipinski definition) is 3. The number of nitrogens with zero attached hydrogens (tertiary/aromatic N) is 1. The third kappa shape index (κ3) is 1.19. The Morgan fingerprint density at radius 1 is 1.62 bits per heavy atom. The molecule has 0 fully saturated rings. The maximum Gasteiger partial charge on any atom is 0.346 e. The standard InChI is InChI=1S/C9H7NO2S/c1-5-7-6(3-2-4-10-7)13-8(5)9(11)12/h2-4H,1H3,(H,11,12). The molecule has 0 aromatic carbocycles. The number of hydrogen-bond donors (Lipinski definition) is 1. The number of carboxylic acid groups (broad SMARTS) is 1. The predicted octanol–water partition coefficient (Wildman–Crippen LogP) is 2.30. The van der Waals surface area contributed by atoms with E-state index in [0.717, 1.165) is 15.8 Å². The molecule has 66 valence electrons. The van der Waals surface area contributed by atoms with Crippen LogP contribution in [0.2, 0.25) is 0 Å². The molecule has 0 aliphatic heterocycles. The molecular weight excluding hydrogens is 186 g/mol. The minimum atomic E-state index is -0.875. The number of fused-ring (bicyclic) bond motifs is 1. The molecule has 0 saturated carbocycles. The average molecular weight is 193 g/mol. The smallest absolute Gasteiger partial charge is 0.346 e. The van der Waals surface area contributed by atoms with Crippen LogP contribution in [0.15, 0.2) is 18.3 Å². The Kier molecular flexibility index (Phi) is 1.77. The number of aromatic carboxylic acids is 1. The molecule has 0 atom stereocenters. The molecule has 2 aromatic heterocycles. The quantitative estimate of drug-likeness (QED) is 0.756. The largest absolute Gasteiger partial charge is 0.477 e. The summed E-state index contributed by atoms with van der Waals surface area (Å²) in [5.41, 5.74) is 1.55. The van der Waals surface area contributed by atoms with Crippen LogP contribution in [0.3, 0.4) is 0 Å². The Bertz CT molecular complexity index is 475. The number of aryl methyl sites for hydroxylation is 1. The van der Waals surface area contributed by atoms with Gasteiger partial charge in [0, 0.05) is 11.8 Å². The Hall–Kier alpha value is -1.42. The number of pyridine rings is 1. The van der Waals surface area contributed by atoms with Gasteiger partial charge in [0.15, 0.2) is 0 Å². The minimum Gasteiger partial charge on any atom is -0.477 e. The van der Waals surface area contributed by atoms with E-state index in [1.54, 1.807) is 13.1 Å². The molecular formula is C9H7NO2S. The van der Waals surface area contributed by atoms with Gasteiger partial charge in [-0.3, -0.25) is 4.98 Å². The van der Waals surface area contributed by atoms with Gasteiger partial charge in [-0.25, -0.2) is 4.79 Å². The van der Waals surface area contributed by atoms with E-state index in [2.05, 4.69) is 4.98 Å². The van der Waals surface area contributed by atoms with Crippen molar-refractivity contribution in [2.24, 2.45) is 0 Å². The van der Waals surface area contributed by atoms with E-state index in [1.807, 2.05) is 12.1 Å². The van der Waals surface area contributed by atoms with Gasteiger partial charge in [-0.15, -0.1) is 11.3 Å². The van der Waals surface area contributed by atoms with Crippen LogP contribution in [0.1, 0.15) is 15.2 Å². The third-order valence-corrected chi connectivity index (χ3v) is 3.11. The lowest BCUT2D eigenvalue weighted by molar-refractivity contribution is 0.0701. The highest BCUT2D eigenvalue weighted by Gasteiger charge is 2.14. The van der Waals surface area contributed by atoms with Crippen LogP contribution in [-0.2, 0) is 0 Å². The molecule has 3 nitrogen and oxygen atoms in total. The normalized spacial score (nSPS) is 10.5. The van der Waals surface area contributed by atoms with E-state index >= 15 is 0 Å². The van der Waals surface area contributed by atoms with Gasteiger partial charge in [-0.05, 0) is 19.1 Å². The van der Waals surface area contributed by atoms with E-state index in [9.17, 15) is 4.79 Å². The zero-order chi connectivity index (χ0) is 9.42. The van der Waals surface area contributed by atoms with E-state index in [-0.39, 0.29) is 0 Å². The first kappa shape index (κ1) is 8.19. The van der Waals surface area contributed by atoms with Gasteiger partial charge in [0.2, 0.25) is 0 Å². The van der Waals surface area contributed by atoms with Crippen molar-refractivity contribution < 1.29 is 9.90 Å². The second-order valence-electron chi connectivity index (χ2n) is 2.71. The number of carbonyl (C=O) groups is 1. The second-order valence-corrected chi connectivity index (χ2v) is 3.76. The second kappa shape index (κ2) is 2.81. The molecule has 0 saturated heterocycles. The first-order valence-electron chi connectivity index (χ1n) is 3.77. The van der Waals surface area contributed by atoms with Crippen molar-refractivity contribution in [3.8, 4) is 0 Å². The van der Waals surface area contributed by atoms with Crippen LogP contribution in [0.5, 0.6) is 0 Å². The van der Waals surface area contributed by atoms with Crippen molar-refractivity contribution in [2.45, 2.75) is 6.92 Å². The van der Waals surface area contributed by atoms with Crippen LogP contribution in [0.4, 0.5) is 0 Å². The fourth-order valence-electron chi connectivity index (χ4n) is 1.25. The monoisotopic (exact) mass is 193 g/mol. The summed E-state index contributed by atoms with van der Waals surface area (Å²) in [6.45, 7) is 1.79. The topological polar surface area (TPSA) is 50.2 Å². The zero-order valence-corrected chi connectivity index (χ0v) is 7.76. The predicted molar refractivity (Wildman–Crippen MR) is 51.3 cm³/mol. The van der Waals surface area contributed by atoms with Crippen LogP contribution in [0, 0.1) is 6.92 Å². The van der Waals surface area contributed by atoms with Crippen molar-refractivity contribution in [1.29, 1.82) is 0 Å². The first-order valence-corrected chi connectivity index (χ1v) is 4.59. The van der Waals surface area contributed by atoms with E-state index < -0.39 is 5.97 Å². The van der Waals surface area contributed by atoms with E-state index in [1.165, 1.54) is 11.3 Å². The lowest BCUT2D eigenvalue weighted by Crippen LogP contribution is -1.93. The summed E-state index contributed by atoms with van der Waals surface area (Å²) < 4.78 is 0.928. The summed E-state index contributed by atoms with van der Waals surface area (Å²) in [5.74, 6) is -0.875. The maximum absolute atomic E-state index is 10.8. The fourth-order valence-corrected chi connectivity index (χ4v) is 2.26. The summed E-state index contributed by atoms with van der Waals surface area (Å²) in [7, 11) is 0. The molecule has 0 unspecified atom stereocenters. The summed E-state index contributed by atoms with van der Waals surface area (Å²) in [4.78, 5) is 15.3. The molecule has 0 bridgehead atoms. The molecule has 4 heteroatoms. The molecule has 1 N–H and O–H groups in total. The SMILES string of the molecule is Cc1c(C(=O)O)sc2cccnc12. The summed E-state index contributed by atoms with van der Waals surface area (Å²) in [6.07, 6.45) is 1.67. The molecule has 2 aromatic rings. The molecule has 0 aliphatic rings. The Balaban J connectivity index is 2.81. The lowest BCUT2D eigenvalue weighted by Gasteiger charge is -1.89. The van der Waals surface area contributed by atoms with Gasteiger partial charge in [-0.1, -0.05) is 0 Å². The first-order chi connectivity index (χ1) is 6.20. The lowest BCUT2D eigenvalue weighted by atomic mass is 10.2. The van der Waals surface area contributed by atoms with E-state index in [0.29, 0.717) is 4.88 Å². The molecule has 2 heterocycles. The van der Waals surface area contributed by atoms with E-state index in [4.69, 9.17) is 5.11 Å². The summed E-state index contributed by atoms with van der Waals surface area (Å²) >= 11 is 1.27. The molecule has 2 rings (SSSR count). The number of carboxylic acids is 1. The number of aromatic nitrogens is 1. The highest BCUT2D eigenvalue weighted by Crippen LogP contribution is 2.28. The molecule has 13 heavy (non-hydrogen) atoms. The molecule has 0 aliphatic carbocycles. The van der Waals surface area contributed by atoms with Crippen molar-refractivity contribution in [3.63, 3.8) is 0 Å². The Morgan fingerprint density at radius 3 is 3.00 bits per heavy atom. The zero-order valence-electron chi connectivity index (χ0n) is 6.94. The van der Waals surface area contributed by atoms with Crippen molar-refractivity contribution in [1.82, 2.24) is 4.98 Å². The minimum absolute atomic E-state index is 0.383. The highest BCUT2D eigenvalue weighted by atomic mass is 32.1. The van der Waals surface area contributed by atoms with Gasteiger partial charge >= 0.3 is 5.97 Å². The van der Waals surface area contributed by atoms with Gasteiger partial charge in [0.1, 0.15) is 4.88 Å². The van der Waals surface area contributed by atoms with Crippen LogP contribution in [-0.4, -0.2) is 16.1 Å².